The van der Waals surface area contributed by atoms with Gasteiger partial charge in [-0.15, -0.1) is 0 Å². The predicted octanol–water partition coefficient (Wildman–Crippen LogP) is 4.48. The third-order valence-electron chi connectivity index (χ3n) is 10.3. The maximum atomic E-state index is 11.5. The van der Waals surface area contributed by atoms with Gasteiger partial charge in [-0.25, -0.2) is 0 Å². The van der Waals surface area contributed by atoms with Gasteiger partial charge in [0.2, 0.25) is 0 Å². The highest BCUT2D eigenvalue weighted by atomic mass is 16.4. The molecule has 2 unspecified atom stereocenters. The Morgan fingerprint density at radius 2 is 1.79 bits per heavy atom. The molecular weight excluding hydrogens is 352 g/mol. The molecule has 0 saturated heterocycles. The highest BCUT2D eigenvalue weighted by Gasteiger charge is 2.63. The van der Waals surface area contributed by atoms with Crippen LogP contribution >= 0.6 is 0 Å². The minimum absolute atomic E-state index is 0.0591. The molecule has 0 radical (unpaired) electrons. The molecule has 0 heterocycles. The van der Waals surface area contributed by atoms with E-state index >= 15 is 0 Å². The van der Waals surface area contributed by atoms with Gasteiger partial charge in [-0.2, -0.15) is 0 Å². The molecule has 3 N–H and O–H groups in total. The maximum absolute atomic E-state index is 11.5. The normalized spacial score (nSPS) is 51.7. The summed E-state index contributed by atoms with van der Waals surface area (Å²) in [6.07, 6.45) is 9.26. The number of carboxylic acids is 1. The fourth-order valence-corrected chi connectivity index (χ4v) is 8.71. The van der Waals surface area contributed by atoms with Crippen molar-refractivity contribution in [3.63, 3.8) is 0 Å². The minimum atomic E-state index is -0.707. The van der Waals surface area contributed by atoms with Crippen LogP contribution in [0.4, 0.5) is 0 Å². The number of carboxylic acid groups (broad SMARTS) is 1. The van der Waals surface area contributed by atoms with Crippen molar-refractivity contribution in [1.29, 1.82) is 0 Å². The highest BCUT2D eigenvalue weighted by molar-refractivity contribution is 5.66. The lowest BCUT2D eigenvalue weighted by Gasteiger charge is -2.62. The van der Waals surface area contributed by atoms with Gasteiger partial charge in [0.25, 0.3) is 0 Å². The van der Waals surface area contributed by atoms with Crippen molar-refractivity contribution in [2.75, 3.05) is 0 Å². The fraction of sp³-hybridized carbons (Fsp3) is 0.958. The Kier molecular flexibility index (Phi) is 5.36. The summed E-state index contributed by atoms with van der Waals surface area (Å²) in [6, 6.07) is 0. The summed E-state index contributed by atoms with van der Waals surface area (Å²) in [5.41, 5.74) is 0.216. The molecule has 0 aromatic rings. The van der Waals surface area contributed by atoms with E-state index in [0.717, 1.165) is 38.5 Å². The topological polar surface area (TPSA) is 77.8 Å². The van der Waals surface area contributed by atoms with Gasteiger partial charge in [0.05, 0.1) is 12.2 Å². The summed E-state index contributed by atoms with van der Waals surface area (Å²) in [5.74, 6) is 2.55. The number of aliphatic carboxylic acids is 1. The maximum Gasteiger partial charge on any atom is 0.303 e. The average Bonchev–Trinajstić information content (AvgIpc) is 3.00. The second kappa shape index (κ2) is 7.27. The van der Waals surface area contributed by atoms with Gasteiger partial charge in [-0.3, -0.25) is 4.79 Å². The van der Waals surface area contributed by atoms with Crippen molar-refractivity contribution >= 4 is 5.97 Å². The molecule has 28 heavy (non-hydrogen) atoms. The van der Waals surface area contributed by atoms with Crippen LogP contribution in [-0.4, -0.2) is 33.5 Å². The Balaban J connectivity index is 1.56. The number of carbonyl (C=O) groups is 1. The first-order valence-electron chi connectivity index (χ1n) is 11.8. The SMILES string of the molecule is C[C@H](CCC(=O)O)[C@H]1CC[C@H]2C3CCC4C[C@H](O)CC[C@]4(C)[C@H]3C[C@H](O)[C@]12C. The first-order chi connectivity index (χ1) is 13.2. The lowest BCUT2D eigenvalue weighted by atomic mass is 9.43. The Bertz CT molecular complexity index is 605. The van der Waals surface area contributed by atoms with E-state index in [0.29, 0.717) is 35.5 Å². The zero-order valence-corrected chi connectivity index (χ0v) is 17.9. The van der Waals surface area contributed by atoms with Crippen LogP contribution < -0.4 is 0 Å². The summed E-state index contributed by atoms with van der Waals surface area (Å²) in [6.45, 7) is 6.99. The number of hydrogen-bond donors (Lipinski definition) is 3. The van der Waals surface area contributed by atoms with E-state index in [-0.39, 0.29) is 29.5 Å². The van der Waals surface area contributed by atoms with E-state index in [4.69, 9.17) is 5.11 Å². The van der Waals surface area contributed by atoms with E-state index < -0.39 is 5.97 Å². The van der Waals surface area contributed by atoms with Gasteiger partial charge in [-0.1, -0.05) is 20.8 Å². The lowest BCUT2D eigenvalue weighted by molar-refractivity contribution is -0.175. The lowest BCUT2D eigenvalue weighted by Crippen LogP contribution is -2.58. The molecule has 0 aromatic heterocycles. The summed E-state index contributed by atoms with van der Waals surface area (Å²) in [4.78, 5) is 11.1. The van der Waals surface area contributed by atoms with Crippen LogP contribution in [0, 0.1) is 46.3 Å². The molecule has 10 atom stereocenters. The van der Waals surface area contributed by atoms with Crippen LogP contribution in [-0.2, 0) is 4.79 Å². The Morgan fingerprint density at radius 3 is 2.50 bits per heavy atom. The second-order valence-corrected chi connectivity index (χ2v) is 11.3. The molecule has 0 aliphatic heterocycles. The largest absolute Gasteiger partial charge is 0.481 e. The van der Waals surface area contributed by atoms with Crippen molar-refractivity contribution < 1.29 is 20.1 Å². The number of fused-ring (bicyclic) bond motifs is 5. The van der Waals surface area contributed by atoms with Crippen molar-refractivity contribution in [3.05, 3.63) is 0 Å². The summed E-state index contributed by atoms with van der Waals surface area (Å²) in [5, 5.41) is 30.8. The summed E-state index contributed by atoms with van der Waals surface area (Å²) >= 11 is 0. The Hall–Kier alpha value is -0.610. The molecule has 4 heteroatoms. The molecule has 4 saturated carbocycles. The molecule has 0 spiro atoms. The monoisotopic (exact) mass is 392 g/mol. The number of aliphatic hydroxyl groups excluding tert-OH is 2. The quantitative estimate of drug-likeness (QED) is 0.659. The number of hydrogen-bond acceptors (Lipinski definition) is 3. The van der Waals surface area contributed by atoms with Crippen LogP contribution in [0.2, 0.25) is 0 Å². The number of rotatable bonds is 4. The van der Waals surface area contributed by atoms with Crippen LogP contribution in [0.25, 0.3) is 0 Å². The van der Waals surface area contributed by atoms with E-state index in [1.54, 1.807) is 0 Å². The zero-order valence-electron chi connectivity index (χ0n) is 17.9. The van der Waals surface area contributed by atoms with Gasteiger partial charge in [0.1, 0.15) is 0 Å². The smallest absolute Gasteiger partial charge is 0.303 e. The third-order valence-corrected chi connectivity index (χ3v) is 10.3. The van der Waals surface area contributed by atoms with Crippen LogP contribution in [0.3, 0.4) is 0 Å². The predicted molar refractivity (Wildman–Crippen MR) is 109 cm³/mol. The van der Waals surface area contributed by atoms with E-state index in [2.05, 4.69) is 20.8 Å². The molecule has 4 nitrogen and oxygen atoms in total. The molecule has 4 aliphatic rings. The molecule has 160 valence electrons. The second-order valence-electron chi connectivity index (χ2n) is 11.3. The molecular formula is C24H40O4. The van der Waals surface area contributed by atoms with Crippen molar-refractivity contribution in [2.24, 2.45) is 46.3 Å². The van der Waals surface area contributed by atoms with Crippen LogP contribution in [0.1, 0.15) is 85.0 Å². The fourth-order valence-electron chi connectivity index (χ4n) is 8.71. The minimum Gasteiger partial charge on any atom is -0.481 e. The zero-order chi connectivity index (χ0) is 20.3. The Morgan fingerprint density at radius 1 is 1.04 bits per heavy atom. The summed E-state index contributed by atoms with van der Waals surface area (Å²) in [7, 11) is 0. The third kappa shape index (κ3) is 3.05. The van der Waals surface area contributed by atoms with Crippen molar-refractivity contribution in [2.45, 2.75) is 97.2 Å². The van der Waals surface area contributed by atoms with Gasteiger partial charge in [0, 0.05) is 6.42 Å². The van der Waals surface area contributed by atoms with E-state index in [9.17, 15) is 15.0 Å². The van der Waals surface area contributed by atoms with E-state index in [1.807, 2.05) is 0 Å². The Labute approximate surface area is 170 Å². The first-order valence-corrected chi connectivity index (χ1v) is 11.8. The first kappa shape index (κ1) is 20.7. The number of aliphatic hydroxyl groups is 2. The molecule has 4 rings (SSSR count). The molecule has 4 fully saturated rings. The molecule has 4 aliphatic carbocycles. The molecule has 0 aromatic carbocycles. The van der Waals surface area contributed by atoms with Gasteiger partial charge < -0.3 is 15.3 Å². The van der Waals surface area contributed by atoms with Crippen molar-refractivity contribution in [3.8, 4) is 0 Å². The highest BCUT2D eigenvalue weighted by Crippen LogP contribution is 2.68. The van der Waals surface area contributed by atoms with Gasteiger partial charge >= 0.3 is 5.97 Å². The standard InChI is InChI=1S/C24H40O4/c1-14(4-9-22(27)28)18-7-8-19-17-6-5-15-12-16(25)10-11-23(15,2)20(17)13-21(26)24(18,19)3/h14-21,25-26H,4-13H2,1-3H3,(H,27,28)/t14-,15?,16-,17?,18-,19+,20+,21+,23+,24-/m1/s1. The molecule has 0 bridgehead atoms. The molecule has 0 amide bonds. The average molecular weight is 393 g/mol. The van der Waals surface area contributed by atoms with Crippen molar-refractivity contribution in [1.82, 2.24) is 0 Å². The van der Waals surface area contributed by atoms with Gasteiger partial charge in [-0.05, 0) is 104 Å². The van der Waals surface area contributed by atoms with Gasteiger partial charge in [0.15, 0.2) is 0 Å². The summed E-state index contributed by atoms with van der Waals surface area (Å²) < 4.78 is 0. The van der Waals surface area contributed by atoms with E-state index in [1.165, 1.54) is 19.3 Å². The van der Waals surface area contributed by atoms with Crippen LogP contribution in [0.15, 0.2) is 0 Å². The van der Waals surface area contributed by atoms with Crippen LogP contribution in [0.5, 0.6) is 0 Å².